The molecule has 0 saturated heterocycles. The summed E-state index contributed by atoms with van der Waals surface area (Å²) in [5, 5.41) is 7.09. The zero-order valence-corrected chi connectivity index (χ0v) is 10.4. The van der Waals surface area contributed by atoms with Crippen molar-refractivity contribution in [3.63, 3.8) is 0 Å². The number of nitrogens with one attached hydrogen (secondary N) is 1. The van der Waals surface area contributed by atoms with Crippen LogP contribution in [-0.4, -0.2) is 11.0 Å². The van der Waals surface area contributed by atoms with Gasteiger partial charge in [-0.3, -0.25) is 0 Å². The van der Waals surface area contributed by atoms with Gasteiger partial charge in [-0.2, -0.15) is 0 Å². The van der Waals surface area contributed by atoms with Crippen molar-refractivity contribution in [1.29, 1.82) is 0 Å². The molecule has 1 aromatic rings. The van der Waals surface area contributed by atoms with Crippen LogP contribution in [0.25, 0.3) is 0 Å². The lowest BCUT2D eigenvalue weighted by atomic mass is 10.1. The zero-order chi connectivity index (χ0) is 10.7. The molecule has 1 N–H and O–H groups in total. The van der Waals surface area contributed by atoms with E-state index in [1.54, 1.807) is 11.3 Å². The van der Waals surface area contributed by atoms with Gasteiger partial charge in [-0.05, 0) is 32.1 Å². The van der Waals surface area contributed by atoms with Crippen LogP contribution in [0.3, 0.4) is 0 Å². The minimum Gasteiger partial charge on any atom is -0.305 e. The smallest absolute Gasteiger partial charge is 0.110 e. The van der Waals surface area contributed by atoms with Crippen molar-refractivity contribution >= 4 is 11.3 Å². The minimum atomic E-state index is 0.520. The van der Waals surface area contributed by atoms with Gasteiger partial charge in [-0.25, -0.2) is 4.98 Å². The molecule has 1 heterocycles. The Morgan fingerprint density at radius 3 is 2.93 bits per heavy atom. The molecule has 0 aliphatic heterocycles. The first-order chi connectivity index (χ1) is 7.31. The molecule has 1 aliphatic carbocycles. The van der Waals surface area contributed by atoms with E-state index in [9.17, 15) is 0 Å². The van der Waals surface area contributed by atoms with Gasteiger partial charge in [-0.15, -0.1) is 11.3 Å². The first kappa shape index (κ1) is 11.1. The molecular formula is C12H20N2S. The molecule has 15 heavy (non-hydrogen) atoms. The van der Waals surface area contributed by atoms with Gasteiger partial charge >= 0.3 is 0 Å². The lowest BCUT2D eigenvalue weighted by molar-refractivity contribution is 0.400. The fourth-order valence-electron chi connectivity index (χ4n) is 2.05. The normalized spacial score (nSPS) is 20.1. The van der Waals surface area contributed by atoms with Gasteiger partial charge in [0, 0.05) is 17.6 Å². The topological polar surface area (TPSA) is 24.9 Å². The number of rotatable bonds is 6. The highest BCUT2D eigenvalue weighted by molar-refractivity contribution is 7.09. The predicted octanol–water partition coefficient (Wildman–Crippen LogP) is 3.37. The van der Waals surface area contributed by atoms with Crippen LogP contribution in [0.5, 0.6) is 0 Å². The monoisotopic (exact) mass is 224 g/mol. The molecule has 1 saturated carbocycles. The first-order valence-electron chi connectivity index (χ1n) is 5.96. The van der Waals surface area contributed by atoms with Crippen molar-refractivity contribution in [1.82, 2.24) is 10.3 Å². The third-order valence-corrected chi connectivity index (χ3v) is 3.86. The average Bonchev–Trinajstić information content (AvgIpc) is 2.90. The maximum Gasteiger partial charge on any atom is 0.110 e. The van der Waals surface area contributed by atoms with Gasteiger partial charge in [0.15, 0.2) is 0 Å². The molecule has 2 atom stereocenters. The summed E-state index contributed by atoms with van der Waals surface area (Å²) in [7, 11) is 0. The summed E-state index contributed by atoms with van der Waals surface area (Å²) < 4.78 is 0. The summed E-state index contributed by atoms with van der Waals surface area (Å²) in [6.07, 6.45) is 7.17. The quantitative estimate of drug-likeness (QED) is 0.801. The third kappa shape index (κ3) is 3.02. The molecule has 0 aromatic carbocycles. The van der Waals surface area contributed by atoms with Crippen molar-refractivity contribution in [2.45, 2.75) is 51.6 Å². The highest BCUT2D eigenvalue weighted by Gasteiger charge is 2.34. The van der Waals surface area contributed by atoms with E-state index >= 15 is 0 Å². The molecule has 2 unspecified atom stereocenters. The van der Waals surface area contributed by atoms with Crippen molar-refractivity contribution in [2.75, 3.05) is 0 Å². The van der Waals surface area contributed by atoms with Crippen LogP contribution < -0.4 is 5.32 Å². The first-order valence-corrected chi connectivity index (χ1v) is 6.84. The van der Waals surface area contributed by atoms with Gasteiger partial charge < -0.3 is 5.32 Å². The summed E-state index contributed by atoms with van der Waals surface area (Å²) in [4.78, 5) is 4.45. The van der Waals surface area contributed by atoms with Gasteiger partial charge in [0.2, 0.25) is 0 Å². The Morgan fingerprint density at radius 2 is 2.40 bits per heavy atom. The molecule has 0 radical (unpaired) electrons. The Bertz CT molecular complexity index is 280. The number of thiazole rings is 1. The molecule has 84 valence electrons. The van der Waals surface area contributed by atoms with Crippen LogP contribution >= 0.6 is 11.3 Å². The Morgan fingerprint density at radius 1 is 1.60 bits per heavy atom. The Kier molecular flexibility index (Phi) is 3.76. The van der Waals surface area contributed by atoms with E-state index in [-0.39, 0.29) is 0 Å². The second-order valence-electron chi connectivity index (χ2n) is 4.54. The molecule has 0 amide bonds. The largest absolute Gasteiger partial charge is 0.305 e. The molecule has 1 aromatic heterocycles. The van der Waals surface area contributed by atoms with Gasteiger partial charge in [0.05, 0.1) is 6.04 Å². The van der Waals surface area contributed by atoms with Crippen molar-refractivity contribution in [3.8, 4) is 0 Å². The summed E-state index contributed by atoms with van der Waals surface area (Å²) >= 11 is 1.79. The van der Waals surface area contributed by atoms with E-state index in [4.69, 9.17) is 0 Å². The van der Waals surface area contributed by atoms with E-state index in [1.165, 1.54) is 30.7 Å². The number of aromatic nitrogens is 1. The van der Waals surface area contributed by atoms with Gasteiger partial charge in [0.25, 0.3) is 0 Å². The fourth-order valence-corrected chi connectivity index (χ4v) is 2.84. The van der Waals surface area contributed by atoms with Crippen LogP contribution in [0.2, 0.25) is 0 Å². The van der Waals surface area contributed by atoms with Crippen LogP contribution in [0, 0.1) is 5.92 Å². The van der Waals surface area contributed by atoms with Crippen LogP contribution in [0.15, 0.2) is 11.6 Å². The van der Waals surface area contributed by atoms with E-state index in [0.29, 0.717) is 12.1 Å². The summed E-state index contributed by atoms with van der Waals surface area (Å²) in [6.45, 7) is 4.53. The molecular weight excluding hydrogens is 204 g/mol. The Labute approximate surface area is 96.1 Å². The van der Waals surface area contributed by atoms with E-state index in [1.807, 2.05) is 6.20 Å². The standard InChI is InChI=1S/C12H20N2S/c1-3-4-9(2)14-11(10-5-6-10)12-13-7-8-15-12/h7-11,14H,3-6H2,1-2H3. The van der Waals surface area contributed by atoms with E-state index in [0.717, 1.165) is 5.92 Å². The number of hydrogen-bond acceptors (Lipinski definition) is 3. The van der Waals surface area contributed by atoms with Gasteiger partial charge in [0.1, 0.15) is 5.01 Å². The maximum absolute atomic E-state index is 4.45. The lowest BCUT2D eigenvalue weighted by Gasteiger charge is -2.21. The maximum atomic E-state index is 4.45. The van der Waals surface area contributed by atoms with Crippen LogP contribution in [0.1, 0.15) is 50.6 Å². The molecule has 0 spiro atoms. The fraction of sp³-hybridized carbons (Fsp3) is 0.750. The average molecular weight is 224 g/mol. The van der Waals surface area contributed by atoms with Crippen molar-refractivity contribution in [2.24, 2.45) is 5.92 Å². The highest BCUT2D eigenvalue weighted by atomic mass is 32.1. The second kappa shape index (κ2) is 5.08. The SMILES string of the molecule is CCCC(C)NC(c1nccs1)C1CC1. The van der Waals surface area contributed by atoms with E-state index in [2.05, 4.69) is 29.5 Å². The lowest BCUT2D eigenvalue weighted by Crippen LogP contribution is -2.31. The Hall–Kier alpha value is -0.410. The van der Waals surface area contributed by atoms with Crippen LogP contribution in [-0.2, 0) is 0 Å². The van der Waals surface area contributed by atoms with E-state index < -0.39 is 0 Å². The number of nitrogens with zero attached hydrogens (tertiary/aromatic N) is 1. The van der Waals surface area contributed by atoms with Crippen molar-refractivity contribution in [3.05, 3.63) is 16.6 Å². The minimum absolute atomic E-state index is 0.520. The summed E-state index contributed by atoms with van der Waals surface area (Å²) in [5.41, 5.74) is 0. The summed E-state index contributed by atoms with van der Waals surface area (Å²) in [5.74, 6) is 0.843. The molecule has 2 rings (SSSR count). The highest BCUT2D eigenvalue weighted by Crippen LogP contribution is 2.41. The molecule has 0 bridgehead atoms. The summed E-state index contributed by atoms with van der Waals surface area (Å²) in [6, 6.07) is 1.14. The molecule has 3 heteroatoms. The third-order valence-electron chi connectivity index (χ3n) is 3.00. The molecule has 1 aliphatic rings. The predicted molar refractivity (Wildman–Crippen MR) is 65.1 cm³/mol. The molecule has 1 fully saturated rings. The Balaban J connectivity index is 1.95. The van der Waals surface area contributed by atoms with Gasteiger partial charge in [-0.1, -0.05) is 13.3 Å². The number of hydrogen-bond donors (Lipinski definition) is 1. The van der Waals surface area contributed by atoms with Crippen molar-refractivity contribution < 1.29 is 0 Å². The molecule has 2 nitrogen and oxygen atoms in total. The second-order valence-corrected chi connectivity index (χ2v) is 5.47. The van der Waals surface area contributed by atoms with Crippen LogP contribution in [0.4, 0.5) is 0 Å². The zero-order valence-electron chi connectivity index (χ0n) is 9.57.